The summed E-state index contributed by atoms with van der Waals surface area (Å²) in [5.41, 5.74) is 3.25. The van der Waals surface area contributed by atoms with Gasteiger partial charge in [-0.3, -0.25) is 4.79 Å². The zero-order chi connectivity index (χ0) is 16.5. The molecule has 0 bridgehead atoms. The molecule has 112 valence electrons. The molecule has 0 fully saturated rings. The van der Waals surface area contributed by atoms with Crippen LogP contribution in [0.5, 0.6) is 0 Å². The molecular formula is C13H6BClF4N2O. The van der Waals surface area contributed by atoms with E-state index in [1.807, 2.05) is 6.07 Å². The summed E-state index contributed by atoms with van der Waals surface area (Å²) in [6.45, 7) is 0. The fourth-order valence-corrected chi connectivity index (χ4v) is 2.27. The number of halogens is 5. The van der Waals surface area contributed by atoms with Gasteiger partial charge in [0.2, 0.25) is 5.39 Å². The standard InChI is InChI=1S/C13H6ClN2O.BF4/c14-7-1-3-9-10-4-2-8(16-15)6-12(10)13(17)11(9)5-7;2-1(3,4)5/h1-6H;/q+1;-1. The van der Waals surface area contributed by atoms with Gasteiger partial charge in [0.1, 0.15) is 0 Å². The molecule has 0 aromatic heterocycles. The third kappa shape index (κ3) is 3.43. The Balaban J connectivity index is 0.000000309. The maximum atomic E-state index is 12.1. The van der Waals surface area contributed by atoms with E-state index in [9.17, 15) is 22.1 Å². The van der Waals surface area contributed by atoms with Crippen LogP contribution in [-0.4, -0.2) is 13.0 Å². The number of rotatable bonds is 0. The summed E-state index contributed by atoms with van der Waals surface area (Å²) in [6, 6.07) is 10.3. The quantitative estimate of drug-likeness (QED) is 0.318. The van der Waals surface area contributed by atoms with Gasteiger partial charge in [0.05, 0.1) is 0 Å². The molecular weight excluding hydrogens is 322 g/mol. The highest BCUT2D eigenvalue weighted by Crippen LogP contribution is 2.39. The number of ketones is 1. The molecule has 1 aliphatic carbocycles. The van der Waals surface area contributed by atoms with E-state index < -0.39 is 7.25 Å². The van der Waals surface area contributed by atoms with Gasteiger partial charge >= 0.3 is 12.9 Å². The SMILES string of the molecule is F[B-](F)(F)F.N#[N+]c1ccc2c(c1)C(=O)c1cc(Cl)ccc1-2. The molecule has 22 heavy (non-hydrogen) atoms. The van der Waals surface area contributed by atoms with E-state index in [0.29, 0.717) is 21.8 Å². The molecule has 9 heteroatoms. The van der Waals surface area contributed by atoms with Gasteiger partial charge in [0.25, 0.3) is 0 Å². The number of hydrogen-bond acceptors (Lipinski definition) is 2. The highest BCUT2D eigenvalue weighted by Gasteiger charge is 2.28. The smallest absolute Gasteiger partial charge is 0.418 e. The number of carbonyl (C=O) groups is 1. The minimum atomic E-state index is -6.00. The van der Waals surface area contributed by atoms with Crippen LogP contribution in [0.25, 0.3) is 16.1 Å². The third-order valence-corrected chi connectivity index (χ3v) is 3.11. The van der Waals surface area contributed by atoms with Crippen LogP contribution in [0.1, 0.15) is 15.9 Å². The summed E-state index contributed by atoms with van der Waals surface area (Å²) in [5, 5.41) is 9.25. The van der Waals surface area contributed by atoms with Gasteiger partial charge in [-0.25, -0.2) is 0 Å². The number of diazo groups is 1. The summed E-state index contributed by atoms with van der Waals surface area (Å²) in [4.78, 5) is 15.2. The van der Waals surface area contributed by atoms with E-state index in [-0.39, 0.29) is 5.78 Å². The Kier molecular flexibility index (Phi) is 4.19. The first-order valence-electron chi connectivity index (χ1n) is 5.92. The van der Waals surface area contributed by atoms with Crippen LogP contribution in [0.15, 0.2) is 36.4 Å². The molecule has 0 saturated heterocycles. The third-order valence-electron chi connectivity index (χ3n) is 2.88. The van der Waals surface area contributed by atoms with Gasteiger partial charge in [-0.2, -0.15) is 0 Å². The van der Waals surface area contributed by atoms with Crippen molar-refractivity contribution < 1.29 is 22.1 Å². The maximum absolute atomic E-state index is 12.1. The minimum absolute atomic E-state index is 0.0806. The highest BCUT2D eigenvalue weighted by atomic mass is 35.5. The molecule has 0 N–H and O–H groups in total. The average Bonchev–Trinajstić information content (AvgIpc) is 2.70. The average molecular weight is 328 g/mol. The topological polar surface area (TPSA) is 45.2 Å². The first kappa shape index (κ1) is 16.0. The summed E-state index contributed by atoms with van der Waals surface area (Å²) < 4.78 is 39.0. The maximum Gasteiger partial charge on any atom is 0.673 e. The predicted octanol–water partition coefficient (Wildman–Crippen LogP) is 5.34. The van der Waals surface area contributed by atoms with E-state index in [1.165, 1.54) is 0 Å². The highest BCUT2D eigenvalue weighted by molar-refractivity contribution is 6.50. The second kappa shape index (κ2) is 5.77. The summed E-state index contributed by atoms with van der Waals surface area (Å²) in [7, 11) is -6.00. The van der Waals surface area contributed by atoms with Gasteiger partial charge in [-0.05, 0) is 29.3 Å². The molecule has 0 radical (unpaired) electrons. The fourth-order valence-electron chi connectivity index (χ4n) is 2.10. The van der Waals surface area contributed by atoms with Crippen molar-refractivity contribution in [1.29, 1.82) is 5.39 Å². The Bertz CT molecular complexity index is 796. The molecule has 2 aromatic carbocycles. The van der Waals surface area contributed by atoms with Crippen molar-refractivity contribution in [3.63, 3.8) is 0 Å². The molecule has 2 aromatic rings. The van der Waals surface area contributed by atoms with E-state index in [1.54, 1.807) is 30.3 Å². The molecule has 0 unspecified atom stereocenters. The van der Waals surface area contributed by atoms with Crippen molar-refractivity contribution in [2.45, 2.75) is 0 Å². The second-order valence-electron chi connectivity index (χ2n) is 4.34. The number of fused-ring (bicyclic) bond motifs is 3. The Morgan fingerprint density at radius 1 is 0.909 bits per heavy atom. The van der Waals surface area contributed by atoms with Crippen molar-refractivity contribution in [1.82, 2.24) is 0 Å². The predicted molar refractivity (Wildman–Crippen MR) is 75.3 cm³/mol. The van der Waals surface area contributed by atoms with Crippen molar-refractivity contribution in [3.05, 3.63) is 57.5 Å². The molecule has 0 aliphatic heterocycles. The van der Waals surface area contributed by atoms with Crippen molar-refractivity contribution >= 4 is 30.3 Å². The van der Waals surface area contributed by atoms with Crippen LogP contribution in [0, 0.1) is 5.39 Å². The normalized spacial score (nSPS) is 11.9. The molecule has 0 saturated carbocycles. The fraction of sp³-hybridized carbons (Fsp3) is 0. The summed E-state index contributed by atoms with van der Waals surface area (Å²) in [6.07, 6.45) is 0. The zero-order valence-corrected chi connectivity index (χ0v) is 11.5. The monoisotopic (exact) mass is 328 g/mol. The summed E-state index contributed by atoms with van der Waals surface area (Å²) in [5.74, 6) is -0.0806. The van der Waals surface area contributed by atoms with Crippen LogP contribution in [0.4, 0.5) is 23.0 Å². The van der Waals surface area contributed by atoms with Crippen LogP contribution in [0.3, 0.4) is 0 Å². The van der Waals surface area contributed by atoms with Crippen molar-refractivity contribution in [2.75, 3.05) is 0 Å². The van der Waals surface area contributed by atoms with Gasteiger partial charge < -0.3 is 17.3 Å². The van der Waals surface area contributed by atoms with E-state index in [4.69, 9.17) is 17.0 Å². The zero-order valence-electron chi connectivity index (χ0n) is 10.7. The number of benzene rings is 2. The van der Waals surface area contributed by atoms with E-state index >= 15 is 0 Å². The van der Waals surface area contributed by atoms with Gasteiger partial charge in [0, 0.05) is 28.3 Å². The van der Waals surface area contributed by atoms with Crippen molar-refractivity contribution in [3.8, 4) is 11.1 Å². The Labute approximate surface area is 127 Å². The lowest BCUT2D eigenvalue weighted by molar-refractivity contribution is 0.104. The molecule has 0 heterocycles. The molecule has 0 spiro atoms. The molecule has 1 aliphatic rings. The van der Waals surface area contributed by atoms with Crippen LogP contribution in [-0.2, 0) is 0 Å². The van der Waals surface area contributed by atoms with E-state index in [2.05, 4.69) is 4.98 Å². The first-order valence-corrected chi connectivity index (χ1v) is 6.29. The van der Waals surface area contributed by atoms with E-state index in [0.717, 1.165) is 11.1 Å². The summed E-state index contributed by atoms with van der Waals surface area (Å²) >= 11 is 5.88. The lowest BCUT2D eigenvalue weighted by Crippen LogP contribution is -2.02. The van der Waals surface area contributed by atoms with Crippen LogP contribution in [0.2, 0.25) is 5.02 Å². The second-order valence-corrected chi connectivity index (χ2v) is 4.78. The molecule has 3 rings (SSSR count). The lowest BCUT2D eigenvalue weighted by atomic mass is 10.1. The molecule has 3 nitrogen and oxygen atoms in total. The Morgan fingerprint density at radius 3 is 1.95 bits per heavy atom. The van der Waals surface area contributed by atoms with Gasteiger partial charge in [0.15, 0.2) is 10.8 Å². The minimum Gasteiger partial charge on any atom is -0.418 e. The Hall–Kier alpha value is -2.40. The number of carbonyl (C=O) groups excluding carboxylic acids is 1. The molecule has 0 atom stereocenters. The number of nitrogens with zero attached hydrogens (tertiary/aromatic N) is 2. The first-order chi connectivity index (χ1) is 10.2. The van der Waals surface area contributed by atoms with Gasteiger partial charge in [-0.1, -0.05) is 17.7 Å². The van der Waals surface area contributed by atoms with Gasteiger partial charge in [-0.15, -0.1) is 0 Å². The van der Waals surface area contributed by atoms with Crippen LogP contribution < -0.4 is 0 Å². The van der Waals surface area contributed by atoms with Crippen LogP contribution >= 0.6 is 11.6 Å². The largest absolute Gasteiger partial charge is 0.673 e. The Morgan fingerprint density at radius 2 is 1.41 bits per heavy atom. The number of hydrogen-bond donors (Lipinski definition) is 0. The molecule has 0 amide bonds. The lowest BCUT2D eigenvalue weighted by Gasteiger charge is -1.98. The van der Waals surface area contributed by atoms with Crippen molar-refractivity contribution in [2.24, 2.45) is 0 Å².